The van der Waals surface area contributed by atoms with Gasteiger partial charge in [0.2, 0.25) is 5.91 Å². The molecule has 0 heterocycles. The Bertz CT molecular complexity index is 783. The molecule has 4 N–H and O–H groups in total. The highest BCUT2D eigenvalue weighted by molar-refractivity contribution is 6.33. The Morgan fingerprint density at radius 2 is 1.75 bits per heavy atom. The number of halogens is 2. The Morgan fingerprint density at radius 1 is 1.11 bits per heavy atom. The molecule has 2 aromatic rings. The molecular weight excluding hydrogens is 401 g/mol. The molecule has 152 valence electrons. The minimum Gasteiger partial charge on any atom is -0.492 e. The van der Waals surface area contributed by atoms with E-state index in [4.69, 9.17) is 22.1 Å². The maximum atomic E-state index is 12.7. The first-order chi connectivity index (χ1) is 12.9. The van der Waals surface area contributed by atoms with Crippen LogP contribution in [0.2, 0.25) is 5.02 Å². The molecule has 0 saturated heterocycles. The number of carbonyl (C=O) groups is 2. The molecule has 28 heavy (non-hydrogen) atoms. The maximum Gasteiger partial charge on any atom is 0.253 e. The fourth-order valence-corrected chi connectivity index (χ4v) is 2.65. The molecule has 0 aliphatic rings. The van der Waals surface area contributed by atoms with E-state index in [-0.39, 0.29) is 30.1 Å². The average Bonchev–Trinajstić information content (AvgIpc) is 2.65. The zero-order valence-corrected chi connectivity index (χ0v) is 17.3. The topological polar surface area (TPSA) is 93.5 Å². The monoisotopic (exact) mass is 425 g/mol. The molecular formula is C20H25Cl2N3O3. The lowest BCUT2D eigenvalue weighted by Crippen LogP contribution is -2.47. The van der Waals surface area contributed by atoms with Gasteiger partial charge in [0.15, 0.2) is 0 Å². The Hall–Kier alpha value is -2.28. The lowest BCUT2D eigenvalue weighted by molar-refractivity contribution is -0.118. The van der Waals surface area contributed by atoms with Crippen LogP contribution in [0.4, 0.5) is 5.69 Å². The molecule has 8 heteroatoms. The van der Waals surface area contributed by atoms with Gasteiger partial charge >= 0.3 is 0 Å². The lowest BCUT2D eigenvalue weighted by atomic mass is 10.0. The maximum absolute atomic E-state index is 12.7. The predicted molar refractivity (Wildman–Crippen MR) is 114 cm³/mol. The van der Waals surface area contributed by atoms with Crippen molar-refractivity contribution < 1.29 is 14.3 Å². The first-order valence-electron chi connectivity index (χ1n) is 8.71. The fraction of sp³-hybridized carbons (Fsp3) is 0.300. The zero-order valence-electron chi connectivity index (χ0n) is 15.8. The quantitative estimate of drug-likeness (QED) is 0.603. The molecule has 1 unspecified atom stereocenters. The van der Waals surface area contributed by atoms with Crippen molar-refractivity contribution in [3.05, 3.63) is 59.1 Å². The van der Waals surface area contributed by atoms with E-state index in [0.717, 1.165) is 0 Å². The summed E-state index contributed by atoms with van der Waals surface area (Å²) in [6.07, 6.45) is 0. The number of rotatable bonds is 8. The highest BCUT2D eigenvalue weighted by Gasteiger charge is 2.25. The van der Waals surface area contributed by atoms with Crippen molar-refractivity contribution in [1.82, 2.24) is 5.32 Å². The van der Waals surface area contributed by atoms with Gasteiger partial charge in [0.25, 0.3) is 5.91 Å². The summed E-state index contributed by atoms with van der Waals surface area (Å²) in [6.45, 7) is 4.58. The fourth-order valence-electron chi connectivity index (χ4n) is 2.43. The van der Waals surface area contributed by atoms with E-state index < -0.39 is 6.04 Å². The highest BCUT2D eigenvalue weighted by atomic mass is 35.5. The molecule has 0 spiro atoms. The molecule has 0 aromatic heterocycles. The summed E-state index contributed by atoms with van der Waals surface area (Å²) in [7, 11) is 0. The molecule has 0 radical (unpaired) electrons. The molecule has 0 fully saturated rings. The van der Waals surface area contributed by atoms with Crippen molar-refractivity contribution in [2.75, 3.05) is 18.5 Å². The minimum atomic E-state index is -0.707. The summed E-state index contributed by atoms with van der Waals surface area (Å²) in [5.74, 6) is -0.129. The molecule has 2 amide bonds. The van der Waals surface area contributed by atoms with Crippen molar-refractivity contribution in [2.24, 2.45) is 11.7 Å². The predicted octanol–water partition coefficient (Wildman–Crippen LogP) is 3.49. The standard InChI is InChI=1S/C20H24ClN3O3.ClH/c1-13(2)18(24-19(25)16-5-3-4-6-17(16)21)20(26)23-14-7-9-15(10-8-14)27-12-11-22;/h3-10,13,18H,11-12,22H2,1-2H3,(H,23,26)(H,24,25);1H. The second-order valence-electron chi connectivity index (χ2n) is 6.33. The molecule has 2 aromatic carbocycles. The van der Waals surface area contributed by atoms with Crippen molar-refractivity contribution >= 4 is 41.5 Å². The van der Waals surface area contributed by atoms with Gasteiger partial charge in [0.1, 0.15) is 18.4 Å². The van der Waals surface area contributed by atoms with Crippen molar-refractivity contribution in [1.29, 1.82) is 0 Å². The van der Waals surface area contributed by atoms with Crippen molar-refractivity contribution in [2.45, 2.75) is 19.9 Å². The number of nitrogens with two attached hydrogens (primary N) is 1. The molecule has 0 aliphatic heterocycles. The molecule has 1 atom stereocenters. The summed E-state index contributed by atoms with van der Waals surface area (Å²) in [5.41, 5.74) is 6.34. The van der Waals surface area contributed by atoms with E-state index in [0.29, 0.717) is 35.2 Å². The van der Waals surface area contributed by atoms with Gasteiger partial charge in [0.05, 0.1) is 10.6 Å². The molecule has 6 nitrogen and oxygen atoms in total. The largest absolute Gasteiger partial charge is 0.492 e. The van der Waals surface area contributed by atoms with Gasteiger partial charge in [-0.15, -0.1) is 12.4 Å². The van der Waals surface area contributed by atoms with E-state index in [1.165, 1.54) is 0 Å². The number of ether oxygens (including phenoxy) is 1. The van der Waals surface area contributed by atoms with Crippen LogP contribution in [0.25, 0.3) is 0 Å². The number of nitrogens with one attached hydrogen (secondary N) is 2. The number of carbonyl (C=O) groups excluding carboxylic acids is 2. The van der Waals surface area contributed by atoms with E-state index in [9.17, 15) is 9.59 Å². The normalized spacial score (nSPS) is 11.3. The molecule has 0 saturated carbocycles. The molecule has 0 aliphatic carbocycles. The summed E-state index contributed by atoms with van der Waals surface area (Å²) >= 11 is 6.06. The van der Waals surface area contributed by atoms with Crippen LogP contribution in [0.1, 0.15) is 24.2 Å². The smallest absolute Gasteiger partial charge is 0.253 e. The van der Waals surface area contributed by atoms with Gasteiger partial charge in [-0.1, -0.05) is 37.6 Å². The van der Waals surface area contributed by atoms with E-state index in [1.54, 1.807) is 48.5 Å². The third-order valence-corrected chi connectivity index (χ3v) is 4.19. The summed E-state index contributed by atoms with van der Waals surface area (Å²) in [4.78, 5) is 25.1. The first-order valence-corrected chi connectivity index (χ1v) is 9.09. The third kappa shape index (κ3) is 6.71. The van der Waals surface area contributed by atoms with Crippen LogP contribution in [-0.2, 0) is 4.79 Å². The van der Waals surface area contributed by atoms with E-state index >= 15 is 0 Å². The van der Waals surface area contributed by atoms with Gasteiger partial charge < -0.3 is 21.1 Å². The van der Waals surface area contributed by atoms with Gasteiger partial charge in [0, 0.05) is 12.2 Å². The van der Waals surface area contributed by atoms with Gasteiger partial charge in [-0.25, -0.2) is 0 Å². The Labute approximate surface area is 176 Å². The van der Waals surface area contributed by atoms with Crippen LogP contribution in [0.15, 0.2) is 48.5 Å². The van der Waals surface area contributed by atoms with E-state index in [1.807, 2.05) is 13.8 Å². The van der Waals surface area contributed by atoms with Crippen molar-refractivity contribution in [3.63, 3.8) is 0 Å². The highest BCUT2D eigenvalue weighted by Crippen LogP contribution is 2.18. The molecule has 2 rings (SSSR count). The zero-order chi connectivity index (χ0) is 19.8. The first kappa shape index (κ1) is 23.8. The second kappa shape index (κ2) is 11.5. The number of amides is 2. The van der Waals surface area contributed by atoms with Crippen LogP contribution < -0.4 is 21.1 Å². The third-order valence-electron chi connectivity index (χ3n) is 3.86. The Kier molecular flexibility index (Phi) is 9.79. The van der Waals surface area contributed by atoms with Crippen LogP contribution >= 0.6 is 24.0 Å². The number of hydrogen-bond acceptors (Lipinski definition) is 4. The van der Waals surface area contributed by atoms with E-state index in [2.05, 4.69) is 10.6 Å². The number of benzene rings is 2. The number of hydrogen-bond donors (Lipinski definition) is 3. The van der Waals surface area contributed by atoms with Crippen LogP contribution in [-0.4, -0.2) is 31.0 Å². The van der Waals surface area contributed by atoms with Crippen molar-refractivity contribution in [3.8, 4) is 5.75 Å². The average molecular weight is 426 g/mol. The van der Waals surface area contributed by atoms with Crippen LogP contribution in [0.3, 0.4) is 0 Å². The van der Waals surface area contributed by atoms with Crippen LogP contribution in [0.5, 0.6) is 5.75 Å². The summed E-state index contributed by atoms with van der Waals surface area (Å²) in [5, 5.41) is 5.91. The minimum absolute atomic E-state index is 0. The van der Waals surface area contributed by atoms with Crippen LogP contribution in [0, 0.1) is 5.92 Å². The lowest BCUT2D eigenvalue weighted by Gasteiger charge is -2.22. The van der Waals surface area contributed by atoms with Gasteiger partial charge in [-0.05, 0) is 42.3 Å². The van der Waals surface area contributed by atoms with Gasteiger partial charge in [-0.3, -0.25) is 9.59 Å². The summed E-state index contributed by atoms with van der Waals surface area (Å²) < 4.78 is 5.41. The second-order valence-corrected chi connectivity index (χ2v) is 6.73. The summed E-state index contributed by atoms with van der Waals surface area (Å²) in [6, 6.07) is 13.0. The molecule has 0 bridgehead atoms. The Morgan fingerprint density at radius 3 is 2.32 bits per heavy atom. The van der Waals surface area contributed by atoms with Gasteiger partial charge in [-0.2, -0.15) is 0 Å². The number of anilines is 1. The SMILES string of the molecule is CC(C)C(NC(=O)c1ccccc1Cl)C(=O)Nc1ccc(OCCN)cc1.Cl. The Balaban J connectivity index is 0.00000392.